The van der Waals surface area contributed by atoms with Crippen LogP contribution < -0.4 is 0 Å². The first-order chi connectivity index (χ1) is 7.24. The average Bonchev–Trinajstić information content (AvgIpc) is 2.23. The van der Waals surface area contributed by atoms with Crippen LogP contribution in [0.1, 0.15) is 36.5 Å². The summed E-state index contributed by atoms with van der Waals surface area (Å²) in [5.41, 5.74) is 4.22. The zero-order chi connectivity index (χ0) is 11.1. The molecule has 0 spiro atoms. The van der Waals surface area contributed by atoms with E-state index in [2.05, 4.69) is 39.0 Å². The van der Waals surface area contributed by atoms with Crippen LogP contribution in [0.3, 0.4) is 0 Å². The quantitative estimate of drug-likeness (QED) is 0.645. The van der Waals surface area contributed by atoms with Gasteiger partial charge in [-0.1, -0.05) is 30.7 Å². The Morgan fingerprint density at radius 1 is 1.13 bits per heavy atom. The number of ether oxygens (including phenoxy) is 1. The maximum Gasteiger partial charge on any atom is 0.0469 e. The maximum atomic E-state index is 5.47. The molecule has 0 aliphatic carbocycles. The Hall–Kier alpha value is -0.820. The van der Waals surface area contributed by atoms with Crippen LogP contribution >= 0.6 is 0 Å². The second kappa shape index (κ2) is 6.62. The van der Waals surface area contributed by atoms with E-state index in [0.717, 1.165) is 32.5 Å². The minimum absolute atomic E-state index is 0.890. The number of aryl methyl sites for hydroxylation is 3. The Morgan fingerprint density at radius 2 is 1.93 bits per heavy atom. The summed E-state index contributed by atoms with van der Waals surface area (Å²) in [5, 5.41) is 0. The van der Waals surface area contributed by atoms with Gasteiger partial charge in [0.2, 0.25) is 0 Å². The zero-order valence-corrected chi connectivity index (χ0v) is 10.2. The Balaban J connectivity index is 2.33. The van der Waals surface area contributed by atoms with Gasteiger partial charge in [0.1, 0.15) is 0 Å². The molecule has 0 fully saturated rings. The highest BCUT2D eigenvalue weighted by Gasteiger charge is 1.98. The van der Waals surface area contributed by atoms with Crippen LogP contribution in [0.25, 0.3) is 0 Å². The van der Waals surface area contributed by atoms with Crippen molar-refractivity contribution in [3.63, 3.8) is 0 Å². The van der Waals surface area contributed by atoms with E-state index >= 15 is 0 Å². The Labute approximate surface area is 93.5 Å². The smallest absolute Gasteiger partial charge is 0.0469 e. The molecule has 0 radical (unpaired) electrons. The molecule has 0 unspecified atom stereocenters. The average molecular weight is 206 g/mol. The normalized spacial score (nSPS) is 10.6. The second-order valence-electron chi connectivity index (χ2n) is 4.15. The lowest BCUT2D eigenvalue weighted by molar-refractivity contribution is 0.132. The molecule has 0 N–H and O–H groups in total. The van der Waals surface area contributed by atoms with Crippen LogP contribution in [0.2, 0.25) is 0 Å². The highest BCUT2D eigenvalue weighted by atomic mass is 16.5. The van der Waals surface area contributed by atoms with Crippen LogP contribution in [0.5, 0.6) is 0 Å². The Kier molecular flexibility index (Phi) is 5.41. The lowest BCUT2D eigenvalue weighted by Crippen LogP contribution is -1.99. The third kappa shape index (κ3) is 4.48. The number of benzene rings is 1. The van der Waals surface area contributed by atoms with Crippen molar-refractivity contribution in [1.82, 2.24) is 0 Å². The van der Waals surface area contributed by atoms with Gasteiger partial charge in [-0.25, -0.2) is 0 Å². The molecule has 1 rings (SSSR count). The second-order valence-corrected chi connectivity index (χ2v) is 4.15. The van der Waals surface area contributed by atoms with Crippen LogP contribution in [0, 0.1) is 13.8 Å². The molecule has 0 saturated carbocycles. The summed E-state index contributed by atoms with van der Waals surface area (Å²) < 4.78 is 5.47. The molecule has 0 amide bonds. The summed E-state index contributed by atoms with van der Waals surface area (Å²) in [5.74, 6) is 0. The lowest BCUT2D eigenvalue weighted by atomic mass is 10.0. The predicted molar refractivity (Wildman–Crippen MR) is 65.3 cm³/mol. The molecule has 0 aromatic heterocycles. The SMILES string of the molecule is CCCOCCCc1cc(C)ccc1C. The van der Waals surface area contributed by atoms with Crippen molar-refractivity contribution in [1.29, 1.82) is 0 Å². The van der Waals surface area contributed by atoms with Gasteiger partial charge in [-0.15, -0.1) is 0 Å². The van der Waals surface area contributed by atoms with Gasteiger partial charge in [0.15, 0.2) is 0 Å². The summed E-state index contributed by atoms with van der Waals surface area (Å²) in [6.45, 7) is 8.26. The molecule has 0 aliphatic heterocycles. The zero-order valence-electron chi connectivity index (χ0n) is 10.2. The van der Waals surface area contributed by atoms with E-state index in [1.165, 1.54) is 16.7 Å². The van der Waals surface area contributed by atoms with Crippen molar-refractivity contribution in [3.8, 4) is 0 Å². The predicted octanol–water partition coefficient (Wildman–Crippen LogP) is 3.66. The topological polar surface area (TPSA) is 9.23 Å². The van der Waals surface area contributed by atoms with Gasteiger partial charge in [0.05, 0.1) is 0 Å². The third-order valence-corrected chi connectivity index (χ3v) is 2.59. The summed E-state index contributed by atoms with van der Waals surface area (Å²) in [7, 11) is 0. The van der Waals surface area contributed by atoms with Crippen molar-refractivity contribution >= 4 is 0 Å². The van der Waals surface area contributed by atoms with Crippen LogP contribution in [0.4, 0.5) is 0 Å². The first-order valence-electron chi connectivity index (χ1n) is 5.88. The first kappa shape index (κ1) is 12.3. The van der Waals surface area contributed by atoms with Crippen molar-refractivity contribution in [2.24, 2.45) is 0 Å². The van der Waals surface area contributed by atoms with Crippen molar-refractivity contribution in [3.05, 3.63) is 34.9 Å². The fourth-order valence-corrected chi connectivity index (χ4v) is 1.68. The van der Waals surface area contributed by atoms with E-state index in [1.807, 2.05) is 0 Å². The van der Waals surface area contributed by atoms with Crippen LogP contribution in [-0.2, 0) is 11.2 Å². The van der Waals surface area contributed by atoms with Crippen molar-refractivity contribution < 1.29 is 4.74 Å². The molecule has 84 valence electrons. The van der Waals surface area contributed by atoms with E-state index < -0.39 is 0 Å². The van der Waals surface area contributed by atoms with Crippen molar-refractivity contribution in [2.45, 2.75) is 40.0 Å². The van der Waals surface area contributed by atoms with Crippen LogP contribution in [-0.4, -0.2) is 13.2 Å². The number of hydrogen-bond donors (Lipinski definition) is 0. The van der Waals surface area contributed by atoms with Gasteiger partial charge in [0, 0.05) is 13.2 Å². The standard InChI is InChI=1S/C14H22O/c1-4-9-15-10-5-6-14-11-12(2)7-8-13(14)3/h7-8,11H,4-6,9-10H2,1-3H3. The van der Waals surface area contributed by atoms with Gasteiger partial charge in [-0.3, -0.25) is 0 Å². The molecule has 0 bridgehead atoms. The van der Waals surface area contributed by atoms with Gasteiger partial charge < -0.3 is 4.74 Å². The summed E-state index contributed by atoms with van der Waals surface area (Å²) >= 11 is 0. The molecule has 1 nitrogen and oxygen atoms in total. The molecule has 1 aromatic rings. The summed E-state index contributed by atoms with van der Waals surface area (Å²) in [6, 6.07) is 6.67. The van der Waals surface area contributed by atoms with E-state index in [1.54, 1.807) is 0 Å². The number of hydrogen-bond acceptors (Lipinski definition) is 1. The summed E-state index contributed by atoms with van der Waals surface area (Å²) in [4.78, 5) is 0. The largest absolute Gasteiger partial charge is 0.381 e. The van der Waals surface area contributed by atoms with E-state index in [9.17, 15) is 0 Å². The molecule has 0 heterocycles. The van der Waals surface area contributed by atoms with E-state index in [4.69, 9.17) is 4.74 Å². The molecular weight excluding hydrogens is 184 g/mol. The monoisotopic (exact) mass is 206 g/mol. The van der Waals surface area contributed by atoms with E-state index in [-0.39, 0.29) is 0 Å². The van der Waals surface area contributed by atoms with Gasteiger partial charge in [-0.05, 0) is 44.2 Å². The van der Waals surface area contributed by atoms with E-state index in [0.29, 0.717) is 0 Å². The molecular formula is C14H22O. The Morgan fingerprint density at radius 3 is 2.67 bits per heavy atom. The Bertz CT molecular complexity index is 291. The van der Waals surface area contributed by atoms with Gasteiger partial charge in [-0.2, -0.15) is 0 Å². The van der Waals surface area contributed by atoms with Crippen LogP contribution in [0.15, 0.2) is 18.2 Å². The van der Waals surface area contributed by atoms with Gasteiger partial charge in [0.25, 0.3) is 0 Å². The summed E-state index contributed by atoms with van der Waals surface area (Å²) in [6.07, 6.45) is 3.38. The molecule has 0 atom stereocenters. The maximum absolute atomic E-state index is 5.47. The molecule has 0 saturated heterocycles. The molecule has 0 aliphatic rings. The third-order valence-electron chi connectivity index (χ3n) is 2.59. The minimum Gasteiger partial charge on any atom is -0.381 e. The molecule has 1 heteroatoms. The highest BCUT2D eigenvalue weighted by molar-refractivity contribution is 5.30. The number of rotatable bonds is 6. The minimum atomic E-state index is 0.890. The molecule has 1 aromatic carbocycles. The fourth-order valence-electron chi connectivity index (χ4n) is 1.68. The van der Waals surface area contributed by atoms with Crippen molar-refractivity contribution in [2.75, 3.05) is 13.2 Å². The van der Waals surface area contributed by atoms with Gasteiger partial charge >= 0.3 is 0 Å². The molecule has 15 heavy (non-hydrogen) atoms. The lowest BCUT2D eigenvalue weighted by Gasteiger charge is -2.07. The first-order valence-corrected chi connectivity index (χ1v) is 5.88. The highest BCUT2D eigenvalue weighted by Crippen LogP contribution is 2.12. The fraction of sp³-hybridized carbons (Fsp3) is 0.571.